The van der Waals surface area contributed by atoms with Gasteiger partial charge in [0, 0.05) is 0 Å². The van der Waals surface area contributed by atoms with Crippen LogP contribution in [0, 0.1) is 30.0 Å². The number of carbonyl (C=O) groups is 1. The van der Waals surface area contributed by atoms with Gasteiger partial charge in [-0.2, -0.15) is 0 Å². The molecule has 0 amide bonds. The van der Waals surface area contributed by atoms with Crippen molar-refractivity contribution in [1.29, 1.82) is 0 Å². The predicted molar refractivity (Wildman–Crippen MR) is 81.7 cm³/mol. The molecular weight excluding hydrogens is 267 g/mol. The third kappa shape index (κ3) is 3.45. The molecule has 1 aliphatic rings. The van der Waals surface area contributed by atoms with E-state index in [1.807, 2.05) is 6.92 Å². The molecule has 0 aromatic heterocycles. The first-order valence-corrected chi connectivity index (χ1v) is 7.82. The smallest absolute Gasteiger partial charge is 0.309 e. The molecule has 2 nitrogen and oxygen atoms in total. The highest BCUT2D eigenvalue weighted by Crippen LogP contribution is 2.44. The van der Waals surface area contributed by atoms with Crippen LogP contribution in [0.3, 0.4) is 0 Å². The molecule has 1 aromatic carbocycles. The van der Waals surface area contributed by atoms with Crippen molar-refractivity contribution in [3.05, 3.63) is 35.1 Å². The predicted octanol–water partition coefficient (Wildman–Crippen LogP) is 4.59. The van der Waals surface area contributed by atoms with Gasteiger partial charge in [-0.1, -0.05) is 19.9 Å². The van der Waals surface area contributed by atoms with E-state index in [-0.39, 0.29) is 5.82 Å². The molecule has 1 N–H and O–H groups in total. The van der Waals surface area contributed by atoms with Gasteiger partial charge in [0.1, 0.15) is 5.82 Å². The molecule has 116 valence electrons. The van der Waals surface area contributed by atoms with Gasteiger partial charge in [0.15, 0.2) is 0 Å². The quantitative estimate of drug-likeness (QED) is 0.881. The summed E-state index contributed by atoms with van der Waals surface area (Å²) in [5.41, 5.74) is 1.09. The molecule has 1 aliphatic carbocycles. The number of rotatable bonds is 4. The summed E-state index contributed by atoms with van der Waals surface area (Å²) < 4.78 is 13.4. The Morgan fingerprint density at radius 2 is 2.00 bits per heavy atom. The van der Waals surface area contributed by atoms with Gasteiger partial charge < -0.3 is 5.11 Å². The Labute approximate surface area is 126 Å². The Bertz CT molecular complexity index is 514. The topological polar surface area (TPSA) is 37.3 Å². The zero-order chi connectivity index (χ0) is 15.6. The van der Waals surface area contributed by atoms with E-state index < -0.39 is 11.4 Å². The van der Waals surface area contributed by atoms with E-state index in [0.717, 1.165) is 24.0 Å². The van der Waals surface area contributed by atoms with E-state index in [2.05, 4.69) is 13.8 Å². The molecule has 1 aromatic rings. The lowest BCUT2D eigenvalue weighted by atomic mass is 9.65. The molecule has 0 bridgehead atoms. The third-order valence-corrected chi connectivity index (χ3v) is 5.22. The number of aliphatic carboxylic acids is 1. The second kappa shape index (κ2) is 6.17. The number of hydrogen-bond acceptors (Lipinski definition) is 1. The number of aryl methyl sites for hydroxylation is 1. The summed E-state index contributed by atoms with van der Waals surface area (Å²) in [6.45, 7) is 6.33. The fourth-order valence-corrected chi connectivity index (χ4v) is 3.52. The first kappa shape index (κ1) is 16.0. The summed E-state index contributed by atoms with van der Waals surface area (Å²) in [6.07, 6.45) is 3.75. The lowest BCUT2D eigenvalue weighted by Gasteiger charge is -2.38. The van der Waals surface area contributed by atoms with Gasteiger partial charge in [0.05, 0.1) is 5.41 Å². The molecule has 0 atom stereocenters. The van der Waals surface area contributed by atoms with Crippen molar-refractivity contribution in [1.82, 2.24) is 0 Å². The zero-order valence-electron chi connectivity index (χ0n) is 13.2. The number of carboxylic acid groups (broad SMARTS) is 1. The van der Waals surface area contributed by atoms with Crippen molar-refractivity contribution >= 4 is 5.97 Å². The number of hydrogen-bond donors (Lipinski definition) is 1. The van der Waals surface area contributed by atoms with Crippen molar-refractivity contribution in [3.63, 3.8) is 0 Å². The van der Waals surface area contributed by atoms with E-state index >= 15 is 0 Å². The van der Waals surface area contributed by atoms with Gasteiger partial charge in [0.2, 0.25) is 0 Å². The molecule has 3 heteroatoms. The van der Waals surface area contributed by atoms with Crippen LogP contribution in [0.15, 0.2) is 18.2 Å². The third-order valence-electron chi connectivity index (χ3n) is 5.22. The van der Waals surface area contributed by atoms with Crippen LogP contribution in [-0.4, -0.2) is 11.1 Å². The van der Waals surface area contributed by atoms with Gasteiger partial charge in [-0.05, 0) is 74.1 Å². The molecule has 0 saturated heterocycles. The summed E-state index contributed by atoms with van der Waals surface area (Å²) in [6, 6.07) is 4.66. The Morgan fingerprint density at radius 1 is 1.38 bits per heavy atom. The highest BCUT2D eigenvalue weighted by molar-refractivity contribution is 5.75. The van der Waals surface area contributed by atoms with Crippen LogP contribution in [0.1, 0.15) is 50.7 Å². The van der Waals surface area contributed by atoms with Crippen molar-refractivity contribution < 1.29 is 14.3 Å². The summed E-state index contributed by atoms with van der Waals surface area (Å²) in [5, 5.41) is 9.74. The first-order chi connectivity index (χ1) is 9.84. The maximum atomic E-state index is 13.4. The monoisotopic (exact) mass is 292 g/mol. The number of carboxylic acids is 1. The number of benzene rings is 1. The molecule has 0 radical (unpaired) electrons. The van der Waals surface area contributed by atoms with Crippen molar-refractivity contribution in [2.75, 3.05) is 0 Å². The van der Waals surface area contributed by atoms with Crippen LogP contribution >= 0.6 is 0 Å². The molecule has 0 aliphatic heterocycles. The maximum Gasteiger partial charge on any atom is 0.309 e. The molecular formula is C18H25FO2. The Balaban J connectivity index is 2.21. The molecule has 1 saturated carbocycles. The average molecular weight is 292 g/mol. The molecule has 2 rings (SSSR count). The van der Waals surface area contributed by atoms with Gasteiger partial charge in [-0.15, -0.1) is 0 Å². The molecule has 0 heterocycles. The van der Waals surface area contributed by atoms with Crippen LogP contribution in [-0.2, 0) is 11.2 Å². The lowest BCUT2D eigenvalue weighted by Crippen LogP contribution is -2.38. The minimum Gasteiger partial charge on any atom is -0.481 e. The summed E-state index contributed by atoms with van der Waals surface area (Å²) in [4.78, 5) is 11.9. The maximum absolute atomic E-state index is 13.4. The standard InChI is InChI=1S/C18H25FO2/c1-12(2)14-6-8-18(9-7-14,17(20)21)11-15-10-16(19)5-4-13(15)3/h4-5,10,12,14H,6-9,11H2,1-3H3,(H,20,21). The lowest BCUT2D eigenvalue weighted by molar-refractivity contribution is -0.151. The van der Waals surface area contributed by atoms with Crippen molar-refractivity contribution in [2.24, 2.45) is 17.3 Å². The van der Waals surface area contributed by atoms with Crippen LogP contribution in [0.4, 0.5) is 4.39 Å². The Hall–Kier alpha value is -1.38. The minimum atomic E-state index is -0.728. The van der Waals surface area contributed by atoms with E-state index in [1.54, 1.807) is 6.07 Å². The molecule has 21 heavy (non-hydrogen) atoms. The second-order valence-corrected chi connectivity index (χ2v) is 6.91. The van der Waals surface area contributed by atoms with Gasteiger partial charge in [-0.25, -0.2) is 4.39 Å². The van der Waals surface area contributed by atoms with Crippen LogP contribution in [0.25, 0.3) is 0 Å². The minimum absolute atomic E-state index is 0.285. The van der Waals surface area contributed by atoms with E-state index in [4.69, 9.17) is 0 Å². The molecule has 0 unspecified atom stereocenters. The van der Waals surface area contributed by atoms with Crippen molar-refractivity contribution in [3.8, 4) is 0 Å². The summed E-state index contributed by atoms with van der Waals surface area (Å²) in [7, 11) is 0. The average Bonchev–Trinajstić information content (AvgIpc) is 2.43. The fraction of sp³-hybridized carbons (Fsp3) is 0.611. The molecule has 1 fully saturated rings. The largest absolute Gasteiger partial charge is 0.481 e. The second-order valence-electron chi connectivity index (χ2n) is 6.91. The summed E-state index contributed by atoms with van der Waals surface area (Å²) >= 11 is 0. The van der Waals surface area contributed by atoms with E-state index in [1.165, 1.54) is 12.1 Å². The van der Waals surface area contributed by atoms with E-state index in [0.29, 0.717) is 31.1 Å². The SMILES string of the molecule is Cc1ccc(F)cc1CC1(C(=O)O)CCC(C(C)C)CC1. The molecule has 0 spiro atoms. The highest BCUT2D eigenvalue weighted by atomic mass is 19.1. The van der Waals surface area contributed by atoms with Crippen LogP contribution in [0.2, 0.25) is 0 Å². The van der Waals surface area contributed by atoms with Gasteiger partial charge in [0.25, 0.3) is 0 Å². The highest BCUT2D eigenvalue weighted by Gasteiger charge is 2.42. The van der Waals surface area contributed by atoms with E-state index in [9.17, 15) is 14.3 Å². The fourth-order valence-electron chi connectivity index (χ4n) is 3.52. The van der Waals surface area contributed by atoms with Crippen LogP contribution < -0.4 is 0 Å². The normalized spacial score (nSPS) is 26.0. The van der Waals surface area contributed by atoms with Gasteiger partial charge in [-0.3, -0.25) is 4.79 Å². The van der Waals surface area contributed by atoms with Gasteiger partial charge >= 0.3 is 5.97 Å². The number of halogens is 1. The van der Waals surface area contributed by atoms with Crippen molar-refractivity contribution in [2.45, 2.75) is 52.9 Å². The first-order valence-electron chi connectivity index (χ1n) is 7.82. The van der Waals surface area contributed by atoms with Crippen LogP contribution in [0.5, 0.6) is 0 Å². The Kier molecular flexibility index (Phi) is 4.70. The summed E-state index contributed by atoms with van der Waals surface area (Å²) in [5.74, 6) is 0.208. The Morgan fingerprint density at radius 3 is 2.52 bits per heavy atom. The zero-order valence-corrected chi connectivity index (χ0v) is 13.2.